The monoisotopic (exact) mass is 200 g/mol. The summed E-state index contributed by atoms with van der Waals surface area (Å²) in [6.45, 7) is 3.13. The van der Waals surface area contributed by atoms with Gasteiger partial charge in [-0.05, 0) is 31.7 Å². The maximum Gasteiger partial charge on any atom is 0.0533 e. The van der Waals surface area contributed by atoms with Gasteiger partial charge in [-0.15, -0.1) is 0 Å². The summed E-state index contributed by atoms with van der Waals surface area (Å²) < 4.78 is 0. The topological polar surface area (TPSA) is 90.1 Å². The van der Waals surface area contributed by atoms with Gasteiger partial charge in [0.25, 0.3) is 0 Å². The molecule has 1 saturated carbocycles. The smallest absolute Gasteiger partial charge is 0.0533 e. The Morgan fingerprint density at radius 2 is 2.07 bits per heavy atom. The lowest BCUT2D eigenvalue weighted by atomic mass is 9.82. The van der Waals surface area contributed by atoms with Crippen LogP contribution < -0.4 is 22.5 Å². The van der Waals surface area contributed by atoms with Gasteiger partial charge in [-0.3, -0.25) is 0 Å². The van der Waals surface area contributed by atoms with Gasteiger partial charge in [-0.25, -0.2) is 0 Å². The lowest BCUT2D eigenvalue weighted by molar-refractivity contribution is 0.245. The average Bonchev–Trinajstić information content (AvgIpc) is 2.12. The minimum atomic E-state index is -0.199. The zero-order chi connectivity index (χ0) is 10.6. The predicted molar refractivity (Wildman–Crippen MR) is 59.6 cm³/mol. The molecular weight excluding hydrogens is 176 g/mol. The van der Waals surface area contributed by atoms with E-state index in [1.165, 1.54) is 12.8 Å². The summed E-state index contributed by atoms with van der Waals surface area (Å²) in [6, 6.07) is 0.908. The van der Waals surface area contributed by atoms with Crippen molar-refractivity contribution in [1.82, 2.24) is 5.32 Å². The Labute approximate surface area is 86.6 Å². The van der Waals surface area contributed by atoms with E-state index in [-0.39, 0.29) is 6.17 Å². The quantitative estimate of drug-likeness (QED) is 0.470. The average molecular weight is 200 g/mol. The molecule has 0 bridgehead atoms. The number of hydrogen-bond donors (Lipinski definition) is 4. The Morgan fingerprint density at radius 1 is 1.36 bits per heavy atom. The molecule has 3 atom stereocenters. The van der Waals surface area contributed by atoms with Crippen LogP contribution in [0.25, 0.3) is 0 Å². The summed E-state index contributed by atoms with van der Waals surface area (Å²) in [7, 11) is 0. The van der Waals surface area contributed by atoms with Crippen molar-refractivity contribution in [1.29, 1.82) is 0 Å². The Hall–Kier alpha value is -0.160. The standard InChI is InChI=1S/C10H24N4/c1-7-8(11)3-2-4-9(7)14-6-5-10(12)13/h7-10,14H,2-6,11-13H2,1H3. The Morgan fingerprint density at radius 3 is 2.71 bits per heavy atom. The molecule has 0 aromatic heterocycles. The molecule has 0 spiro atoms. The minimum Gasteiger partial charge on any atom is -0.327 e. The molecule has 0 saturated heterocycles. The van der Waals surface area contributed by atoms with Gasteiger partial charge < -0.3 is 22.5 Å². The van der Waals surface area contributed by atoms with Crippen molar-refractivity contribution in [3.63, 3.8) is 0 Å². The molecule has 0 amide bonds. The SMILES string of the molecule is CC1C(N)CCCC1NCCC(N)N. The summed E-state index contributed by atoms with van der Waals surface area (Å²) in [6.07, 6.45) is 4.26. The summed E-state index contributed by atoms with van der Waals surface area (Å²) in [5, 5.41) is 3.49. The number of hydrogen-bond acceptors (Lipinski definition) is 4. The van der Waals surface area contributed by atoms with Gasteiger partial charge in [0.15, 0.2) is 0 Å². The van der Waals surface area contributed by atoms with E-state index in [4.69, 9.17) is 17.2 Å². The molecule has 0 radical (unpaired) electrons. The molecule has 1 aliphatic rings. The van der Waals surface area contributed by atoms with Crippen molar-refractivity contribution < 1.29 is 0 Å². The molecule has 1 fully saturated rings. The summed E-state index contributed by atoms with van der Waals surface area (Å²) in [5.41, 5.74) is 17.0. The van der Waals surface area contributed by atoms with E-state index in [0.29, 0.717) is 18.0 Å². The van der Waals surface area contributed by atoms with E-state index >= 15 is 0 Å². The zero-order valence-corrected chi connectivity index (χ0v) is 9.08. The van der Waals surface area contributed by atoms with Gasteiger partial charge in [0.05, 0.1) is 6.17 Å². The second-order valence-electron chi connectivity index (χ2n) is 4.47. The zero-order valence-electron chi connectivity index (χ0n) is 9.08. The minimum absolute atomic E-state index is 0.199. The van der Waals surface area contributed by atoms with Crippen LogP contribution in [0.15, 0.2) is 0 Å². The van der Waals surface area contributed by atoms with Gasteiger partial charge in [0.2, 0.25) is 0 Å². The van der Waals surface area contributed by atoms with Crippen LogP contribution in [-0.2, 0) is 0 Å². The lowest BCUT2D eigenvalue weighted by Gasteiger charge is -2.34. The van der Waals surface area contributed by atoms with Gasteiger partial charge in [-0.1, -0.05) is 13.3 Å². The Bertz CT molecular complexity index is 160. The first-order chi connectivity index (χ1) is 6.61. The molecule has 14 heavy (non-hydrogen) atoms. The number of nitrogens with one attached hydrogen (secondary N) is 1. The van der Waals surface area contributed by atoms with Crippen molar-refractivity contribution in [2.45, 2.75) is 50.9 Å². The predicted octanol–water partition coefficient (Wildman–Crippen LogP) is -0.274. The molecule has 3 unspecified atom stereocenters. The first kappa shape index (κ1) is 11.9. The van der Waals surface area contributed by atoms with Crippen LogP contribution in [0.1, 0.15) is 32.6 Å². The van der Waals surface area contributed by atoms with Crippen LogP contribution in [0.2, 0.25) is 0 Å². The molecule has 0 aromatic rings. The highest BCUT2D eigenvalue weighted by atomic mass is 14.9. The van der Waals surface area contributed by atoms with E-state index < -0.39 is 0 Å². The third kappa shape index (κ3) is 3.53. The first-order valence-electron chi connectivity index (χ1n) is 5.61. The van der Waals surface area contributed by atoms with E-state index in [9.17, 15) is 0 Å². The van der Waals surface area contributed by atoms with Crippen LogP contribution in [0.3, 0.4) is 0 Å². The van der Waals surface area contributed by atoms with Gasteiger partial charge in [0, 0.05) is 12.1 Å². The fourth-order valence-corrected chi connectivity index (χ4v) is 2.12. The molecule has 4 nitrogen and oxygen atoms in total. The molecule has 0 heterocycles. The van der Waals surface area contributed by atoms with E-state index in [1.54, 1.807) is 0 Å². The van der Waals surface area contributed by atoms with E-state index in [2.05, 4.69) is 12.2 Å². The van der Waals surface area contributed by atoms with Gasteiger partial charge >= 0.3 is 0 Å². The second kappa shape index (κ2) is 5.66. The second-order valence-corrected chi connectivity index (χ2v) is 4.47. The molecule has 84 valence electrons. The third-order valence-corrected chi connectivity index (χ3v) is 3.25. The molecule has 7 N–H and O–H groups in total. The van der Waals surface area contributed by atoms with Gasteiger partial charge in [-0.2, -0.15) is 0 Å². The summed E-state index contributed by atoms with van der Waals surface area (Å²) in [5.74, 6) is 0.567. The van der Waals surface area contributed by atoms with Crippen molar-refractivity contribution in [2.75, 3.05) is 6.54 Å². The molecule has 4 heteroatoms. The molecular formula is C10H24N4. The van der Waals surface area contributed by atoms with Crippen molar-refractivity contribution in [2.24, 2.45) is 23.1 Å². The fraction of sp³-hybridized carbons (Fsp3) is 1.00. The normalized spacial score (nSPS) is 33.6. The highest BCUT2D eigenvalue weighted by molar-refractivity contribution is 4.86. The highest BCUT2D eigenvalue weighted by Gasteiger charge is 2.26. The molecule has 0 aliphatic heterocycles. The van der Waals surface area contributed by atoms with Crippen LogP contribution in [0, 0.1) is 5.92 Å². The summed E-state index contributed by atoms with van der Waals surface area (Å²) in [4.78, 5) is 0. The Balaban J connectivity index is 2.22. The highest BCUT2D eigenvalue weighted by Crippen LogP contribution is 2.22. The van der Waals surface area contributed by atoms with Crippen molar-refractivity contribution in [3.05, 3.63) is 0 Å². The van der Waals surface area contributed by atoms with Crippen LogP contribution in [0.5, 0.6) is 0 Å². The number of nitrogens with two attached hydrogens (primary N) is 3. The van der Waals surface area contributed by atoms with E-state index in [0.717, 1.165) is 19.4 Å². The fourth-order valence-electron chi connectivity index (χ4n) is 2.12. The third-order valence-electron chi connectivity index (χ3n) is 3.25. The van der Waals surface area contributed by atoms with Crippen molar-refractivity contribution in [3.8, 4) is 0 Å². The maximum atomic E-state index is 6.01. The lowest BCUT2D eigenvalue weighted by Crippen LogP contribution is -2.48. The molecule has 0 aromatic carbocycles. The largest absolute Gasteiger partial charge is 0.327 e. The number of rotatable bonds is 4. The van der Waals surface area contributed by atoms with Crippen LogP contribution in [0.4, 0.5) is 0 Å². The Kier molecular flexibility index (Phi) is 4.81. The first-order valence-corrected chi connectivity index (χ1v) is 5.61. The summed E-state index contributed by atoms with van der Waals surface area (Å²) >= 11 is 0. The van der Waals surface area contributed by atoms with Crippen LogP contribution in [-0.4, -0.2) is 24.8 Å². The molecule has 1 aliphatic carbocycles. The maximum absolute atomic E-state index is 6.01. The van der Waals surface area contributed by atoms with E-state index in [1.807, 2.05) is 0 Å². The molecule has 1 rings (SSSR count). The van der Waals surface area contributed by atoms with Crippen LogP contribution >= 0.6 is 0 Å². The van der Waals surface area contributed by atoms with Gasteiger partial charge in [0.1, 0.15) is 0 Å². The van der Waals surface area contributed by atoms with Crippen molar-refractivity contribution >= 4 is 0 Å².